The SMILES string of the molecule is O=Cc1cccn(-c2ccc([N+](=O)[O-])cc2)c1=S. The molecule has 0 aliphatic rings. The molecule has 1 aromatic carbocycles. The Bertz CT molecular complexity index is 662. The fourth-order valence-corrected chi connectivity index (χ4v) is 1.82. The Labute approximate surface area is 107 Å². The minimum absolute atomic E-state index is 0.0109. The van der Waals surface area contributed by atoms with Crippen molar-refractivity contribution in [3.63, 3.8) is 0 Å². The van der Waals surface area contributed by atoms with Gasteiger partial charge in [0.15, 0.2) is 6.29 Å². The molecule has 0 saturated heterocycles. The highest BCUT2D eigenvalue weighted by molar-refractivity contribution is 7.71. The zero-order valence-corrected chi connectivity index (χ0v) is 9.96. The zero-order valence-electron chi connectivity index (χ0n) is 9.15. The van der Waals surface area contributed by atoms with Gasteiger partial charge in [-0.3, -0.25) is 14.9 Å². The Morgan fingerprint density at radius 3 is 2.44 bits per heavy atom. The molecule has 90 valence electrons. The van der Waals surface area contributed by atoms with Gasteiger partial charge in [0.05, 0.1) is 4.92 Å². The molecule has 0 bridgehead atoms. The largest absolute Gasteiger partial charge is 0.307 e. The van der Waals surface area contributed by atoms with E-state index >= 15 is 0 Å². The van der Waals surface area contributed by atoms with E-state index in [1.807, 2.05) is 0 Å². The lowest BCUT2D eigenvalue weighted by Crippen LogP contribution is -1.99. The molecule has 5 nitrogen and oxygen atoms in total. The summed E-state index contributed by atoms with van der Waals surface area (Å²) in [5.41, 5.74) is 1.09. The van der Waals surface area contributed by atoms with Gasteiger partial charge in [-0.2, -0.15) is 0 Å². The molecule has 0 aliphatic carbocycles. The van der Waals surface area contributed by atoms with Crippen molar-refractivity contribution in [2.24, 2.45) is 0 Å². The quantitative estimate of drug-likeness (QED) is 0.368. The number of aldehydes is 1. The van der Waals surface area contributed by atoms with Crippen molar-refractivity contribution in [3.05, 3.63) is 62.9 Å². The summed E-state index contributed by atoms with van der Waals surface area (Å²) >= 11 is 5.16. The number of carbonyl (C=O) groups excluding carboxylic acids is 1. The van der Waals surface area contributed by atoms with E-state index in [2.05, 4.69) is 0 Å². The Hall–Kier alpha value is -2.34. The second-order valence-corrected chi connectivity index (χ2v) is 3.92. The van der Waals surface area contributed by atoms with Gasteiger partial charge in [-0.05, 0) is 24.3 Å². The van der Waals surface area contributed by atoms with Crippen LogP contribution in [0.3, 0.4) is 0 Å². The maximum Gasteiger partial charge on any atom is 0.269 e. The summed E-state index contributed by atoms with van der Waals surface area (Å²) in [6.45, 7) is 0. The topological polar surface area (TPSA) is 65.1 Å². The van der Waals surface area contributed by atoms with Gasteiger partial charge < -0.3 is 4.57 Å². The standard InChI is InChI=1S/C12H8N2O3S/c15-8-9-2-1-7-13(12(9)18)10-3-5-11(6-4-10)14(16)17/h1-8H. The van der Waals surface area contributed by atoms with Crippen LogP contribution >= 0.6 is 12.2 Å². The van der Waals surface area contributed by atoms with Crippen molar-refractivity contribution >= 4 is 24.2 Å². The highest BCUT2D eigenvalue weighted by Crippen LogP contribution is 2.16. The van der Waals surface area contributed by atoms with Gasteiger partial charge in [0.25, 0.3) is 5.69 Å². The predicted molar refractivity (Wildman–Crippen MR) is 68.6 cm³/mol. The number of carbonyl (C=O) groups is 1. The lowest BCUT2D eigenvalue weighted by molar-refractivity contribution is -0.384. The number of aromatic nitrogens is 1. The smallest absolute Gasteiger partial charge is 0.269 e. The molecule has 0 aliphatic heterocycles. The van der Waals surface area contributed by atoms with E-state index in [0.29, 0.717) is 22.2 Å². The van der Waals surface area contributed by atoms with Gasteiger partial charge >= 0.3 is 0 Å². The molecule has 0 spiro atoms. The summed E-state index contributed by atoms with van der Waals surface area (Å²) in [5.74, 6) is 0. The Morgan fingerprint density at radius 1 is 1.22 bits per heavy atom. The van der Waals surface area contributed by atoms with Crippen molar-refractivity contribution in [3.8, 4) is 5.69 Å². The van der Waals surface area contributed by atoms with E-state index in [9.17, 15) is 14.9 Å². The van der Waals surface area contributed by atoms with Crippen LogP contribution in [0.4, 0.5) is 5.69 Å². The van der Waals surface area contributed by atoms with Crippen LogP contribution in [0.1, 0.15) is 10.4 Å². The van der Waals surface area contributed by atoms with E-state index in [4.69, 9.17) is 12.2 Å². The highest BCUT2D eigenvalue weighted by atomic mass is 32.1. The number of non-ortho nitro benzene ring substituents is 1. The first kappa shape index (κ1) is 12.1. The van der Waals surface area contributed by atoms with Gasteiger partial charge in [-0.25, -0.2) is 0 Å². The van der Waals surface area contributed by atoms with Gasteiger partial charge in [0, 0.05) is 29.6 Å². The van der Waals surface area contributed by atoms with E-state index in [1.54, 1.807) is 35.0 Å². The Morgan fingerprint density at radius 2 is 1.89 bits per heavy atom. The molecule has 1 aromatic heterocycles. The van der Waals surface area contributed by atoms with Crippen LogP contribution in [-0.4, -0.2) is 15.8 Å². The molecular weight excluding hydrogens is 252 g/mol. The molecule has 0 radical (unpaired) electrons. The number of benzene rings is 1. The van der Waals surface area contributed by atoms with Gasteiger partial charge in [-0.15, -0.1) is 0 Å². The molecule has 0 N–H and O–H groups in total. The second-order valence-electron chi connectivity index (χ2n) is 3.53. The highest BCUT2D eigenvalue weighted by Gasteiger charge is 2.05. The summed E-state index contributed by atoms with van der Waals surface area (Å²) in [5, 5.41) is 10.5. The monoisotopic (exact) mass is 260 g/mol. The fourth-order valence-electron chi connectivity index (χ4n) is 1.54. The van der Waals surface area contributed by atoms with Crippen LogP contribution in [0, 0.1) is 14.8 Å². The van der Waals surface area contributed by atoms with Gasteiger partial charge in [0.2, 0.25) is 0 Å². The normalized spacial score (nSPS) is 10.0. The van der Waals surface area contributed by atoms with Gasteiger partial charge in [0.1, 0.15) is 4.64 Å². The van der Waals surface area contributed by atoms with Crippen LogP contribution in [0.2, 0.25) is 0 Å². The van der Waals surface area contributed by atoms with Crippen molar-refractivity contribution in [1.29, 1.82) is 0 Å². The molecule has 2 rings (SSSR count). The van der Waals surface area contributed by atoms with Crippen LogP contribution in [0.15, 0.2) is 42.6 Å². The number of pyridine rings is 1. The minimum atomic E-state index is -0.467. The zero-order chi connectivity index (χ0) is 13.1. The first-order valence-electron chi connectivity index (χ1n) is 5.05. The lowest BCUT2D eigenvalue weighted by Gasteiger charge is -2.07. The molecule has 0 fully saturated rings. The number of hydrogen-bond acceptors (Lipinski definition) is 4. The molecule has 0 amide bonds. The van der Waals surface area contributed by atoms with Crippen molar-refractivity contribution in [1.82, 2.24) is 4.57 Å². The third-order valence-corrected chi connectivity index (χ3v) is 2.87. The number of nitrogens with zero attached hydrogens (tertiary/aromatic N) is 2. The van der Waals surface area contributed by atoms with Crippen LogP contribution in [0.25, 0.3) is 5.69 Å². The van der Waals surface area contributed by atoms with Gasteiger partial charge in [-0.1, -0.05) is 12.2 Å². The molecule has 0 atom stereocenters. The molecule has 0 unspecified atom stereocenters. The maximum absolute atomic E-state index is 10.8. The molecule has 1 heterocycles. The van der Waals surface area contributed by atoms with E-state index in [1.165, 1.54) is 12.1 Å². The summed E-state index contributed by atoms with van der Waals surface area (Å²) in [7, 11) is 0. The minimum Gasteiger partial charge on any atom is -0.307 e. The van der Waals surface area contributed by atoms with E-state index < -0.39 is 4.92 Å². The Balaban J connectivity index is 2.52. The summed E-state index contributed by atoms with van der Waals surface area (Å²) < 4.78 is 2.00. The van der Waals surface area contributed by atoms with E-state index in [-0.39, 0.29) is 5.69 Å². The average Bonchev–Trinajstić information content (AvgIpc) is 2.39. The van der Waals surface area contributed by atoms with Crippen molar-refractivity contribution in [2.45, 2.75) is 0 Å². The Kier molecular flexibility index (Phi) is 3.29. The maximum atomic E-state index is 10.8. The lowest BCUT2D eigenvalue weighted by atomic mass is 10.2. The third-order valence-electron chi connectivity index (χ3n) is 2.44. The predicted octanol–water partition coefficient (Wildman–Crippen LogP) is 2.93. The number of nitro benzene ring substituents is 1. The first-order valence-corrected chi connectivity index (χ1v) is 5.46. The molecule has 2 aromatic rings. The third kappa shape index (κ3) is 2.18. The van der Waals surface area contributed by atoms with Crippen molar-refractivity contribution in [2.75, 3.05) is 0 Å². The van der Waals surface area contributed by atoms with E-state index in [0.717, 1.165) is 0 Å². The fraction of sp³-hybridized carbons (Fsp3) is 0. The second kappa shape index (κ2) is 4.89. The first-order chi connectivity index (χ1) is 8.63. The molecule has 6 heteroatoms. The van der Waals surface area contributed by atoms with Crippen LogP contribution in [-0.2, 0) is 0 Å². The van der Waals surface area contributed by atoms with Crippen LogP contribution in [0.5, 0.6) is 0 Å². The number of rotatable bonds is 3. The van der Waals surface area contributed by atoms with Crippen molar-refractivity contribution < 1.29 is 9.72 Å². The van der Waals surface area contributed by atoms with Crippen LogP contribution < -0.4 is 0 Å². The summed E-state index contributed by atoms with van der Waals surface area (Å²) in [4.78, 5) is 20.9. The molecular formula is C12H8N2O3S. The molecule has 0 saturated carbocycles. The molecule has 18 heavy (non-hydrogen) atoms. The average molecular weight is 260 g/mol. The summed E-state index contributed by atoms with van der Waals surface area (Å²) in [6.07, 6.45) is 2.39. The number of nitro groups is 1. The summed E-state index contributed by atoms with van der Waals surface area (Å²) in [6, 6.07) is 9.28. The number of hydrogen-bond donors (Lipinski definition) is 0.